The number of aliphatic hydroxyl groups excluding tert-OH is 1. The van der Waals surface area contributed by atoms with Gasteiger partial charge < -0.3 is 14.7 Å². The molecular weight excluding hydrogens is 176 g/mol. The van der Waals surface area contributed by atoms with Crippen LogP contribution in [0, 0.1) is 0 Å². The summed E-state index contributed by atoms with van der Waals surface area (Å²) in [6.45, 7) is 1.49. The normalized spacial score (nSPS) is 12.8. The van der Waals surface area contributed by atoms with Crippen molar-refractivity contribution in [3.8, 4) is 0 Å². The van der Waals surface area contributed by atoms with Crippen LogP contribution in [-0.2, 0) is 11.2 Å². The molecule has 0 aliphatic carbocycles. The maximum absolute atomic E-state index is 10.2. The summed E-state index contributed by atoms with van der Waals surface area (Å²) in [7, 11) is 0. The largest absolute Gasteiger partial charge is 0.481 e. The van der Waals surface area contributed by atoms with E-state index in [2.05, 4.69) is 14.7 Å². The maximum Gasteiger partial charge on any atom is 0.303 e. The van der Waals surface area contributed by atoms with E-state index in [4.69, 9.17) is 10.2 Å². The molecule has 1 atom stereocenters. The molecule has 6 heteroatoms. The third-order valence-corrected chi connectivity index (χ3v) is 1.40. The molecule has 2 N–H and O–H groups in total. The molecule has 0 bridgehead atoms. The summed E-state index contributed by atoms with van der Waals surface area (Å²) in [6.07, 6.45) is -0.643. The quantitative estimate of drug-likeness (QED) is 0.694. The zero-order valence-corrected chi connectivity index (χ0v) is 7.10. The van der Waals surface area contributed by atoms with E-state index in [9.17, 15) is 4.79 Å². The second-order valence-electron chi connectivity index (χ2n) is 2.62. The number of carbonyl (C=O) groups is 1. The topological polar surface area (TPSA) is 96.5 Å². The zero-order chi connectivity index (χ0) is 9.84. The van der Waals surface area contributed by atoms with Gasteiger partial charge in [-0.3, -0.25) is 4.79 Å². The highest BCUT2D eigenvalue weighted by atomic mass is 16.5. The zero-order valence-electron chi connectivity index (χ0n) is 7.10. The number of rotatable bonds is 4. The average Bonchev–Trinajstić information content (AvgIpc) is 2.48. The van der Waals surface area contributed by atoms with Gasteiger partial charge in [-0.2, -0.15) is 4.98 Å². The lowest BCUT2D eigenvalue weighted by Crippen LogP contribution is -1.99. The van der Waals surface area contributed by atoms with E-state index in [-0.39, 0.29) is 18.7 Å². The van der Waals surface area contributed by atoms with Gasteiger partial charge in [0.2, 0.25) is 0 Å². The highest BCUT2D eigenvalue weighted by molar-refractivity contribution is 5.66. The number of hydrogen-bond acceptors (Lipinski definition) is 5. The van der Waals surface area contributed by atoms with E-state index >= 15 is 0 Å². The molecular formula is C7H10N2O4. The monoisotopic (exact) mass is 186 g/mol. The van der Waals surface area contributed by atoms with E-state index in [1.165, 1.54) is 6.92 Å². The number of aliphatic carboxylic acids is 1. The molecule has 0 fully saturated rings. The van der Waals surface area contributed by atoms with E-state index in [1.54, 1.807) is 0 Å². The number of carboxylic acid groups (broad SMARTS) is 1. The summed E-state index contributed by atoms with van der Waals surface area (Å²) in [6, 6.07) is 0. The second kappa shape index (κ2) is 3.99. The van der Waals surface area contributed by atoms with E-state index in [1.807, 2.05) is 0 Å². The van der Waals surface area contributed by atoms with E-state index in [0.29, 0.717) is 5.82 Å². The summed E-state index contributed by atoms with van der Waals surface area (Å²) < 4.78 is 4.65. The van der Waals surface area contributed by atoms with Gasteiger partial charge >= 0.3 is 5.97 Å². The van der Waals surface area contributed by atoms with Crippen LogP contribution >= 0.6 is 0 Å². The number of carboxylic acids is 1. The molecule has 72 valence electrons. The number of aromatic nitrogens is 2. The summed E-state index contributed by atoms with van der Waals surface area (Å²) in [5.74, 6) is -0.498. The third kappa shape index (κ3) is 2.83. The van der Waals surface area contributed by atoms with Gasteiger partial charge in [0.15, 0.2) is 5.82 Å². The SMILES string of the molecule is CC(O)c1nc(CCC(=O)O)no1. The second-order valence-corrected chi connectivity index (χ2v) is 2.62. The summed E-state index contributed by atoms with van der Waals surface area (Å²) in [5.41, 5.74) is 0. The molecule has 0 aliphatic rings. The van der Waals surface area contributed by atoms with Crippen molar-refractivity contribution in [2.24, 2.45) is 0 Å². The van der Waals surface area contributed by atoms with Crippen molar-refractivity contribution in [2.45, 2.75) is 25.9 Å². The number of hydrogen-bond donors (Lipinski definition) is 2. The third-order valence-electron chi connectivity index (χ3n) is 1.40. The molecule has 0 saturated carbocycles. The smallest absolute Gasteiger partial charge is 0.303 e. The molecule has 0 saturated heterocycles. The average molecular weight is 186 g/mol. The highest BCUT2D eigenvalue weighted by Gasteiger charge is 2.11. The fourth-order valence-electron chi connectivity index (χ4n) is 0.757. The van der Waals surface area contributed by atoms with Crippen molar-refractivity contribution in [1.29, 1.82) is 0 Å². The Morgan fingerprint density at radius 1 is 1.69 bits per heavy atom. The van der Waals surface area contributed by atoms with Crippen molar-refractivity contribution < 1.29 is 19.5 Å². The molecule has 1 rings (SSSR count). The summed E-state index contributed by atoms with van der Waals surface area (Å²) in [4.78, 5) is 14.0. The van der Waals surface area contributed by atoms with Crippen LogP contribution < -0.4 is 0 Å². The number of aryl methyl sites for hydroxylation is 1. The lowest BCUT2D eigenvalue weighted by Gasteiger charge is -1.91. The van der Waals surface area contributed by atoms with E-state index in [0.717, 1.165) is 0 Å². The van der Waals surface area contributed by atoms with Crippen LogP contribution in [0.15, 0.2) is 4.52 Å². The standard InChI is InChI=1S/C7H10N2O4/c1-4(10)7-8-5(9-13-7)2-3-6(11)12/h4,10H,2-3H2,1H3,(H,11,12). The van der Waals surface area contributed by atoms with E-state index < -0.39 is 12.1 Å². The van der Waals surface area contributed by atoms with Crippen molar-refractivity contribution in [3.05, 3.63) is 11.7 Å². The van der Waals surface area contributed by atoms with Gasteiger partial charge in [-0.15, -0.1) is 0 Å². The first-order valence-corrected chi connectivity index (χ1v) is 3.82. The minimum atomic E-state index is -0.914. The van der Waals surface area contributed by atoms with Crippen LogP contribution in [0.3, 0.4) is 0 Å². The minimum absolute atomic E-state index is 0.0429. The number of aliphatic hydroxyl groups is 1. The van der Waals surface area contributed by atoms with Crippen LogP contribution in [0.2, 0.25) is 0 Å². The van der Waals surface area contributed by atoms with Crippen LogP contribution in [-0.4, -0.2) is 26.3 Å². The molecule has 0 aromatic carbocycles. The van der Waals surface area contributed by atoms with Gasteiger partial charge in [0, 0.05) is 6.42 Å². The molecule has 1 unspecified atom stereocenters. The fourth-order valence-corrected chi connectivity index (χ4v) is 0.757. The van der Waals surface area contributed by atoms with Gasteiger partial charge in [0.25, 0.3) is 5.89 Å². The molecule has 6 nitrogen and oxygen atoms in total. The Morgan fingerprint density at radius 3 is 2.85 bits per heavy atom. The Balaban J connectivity index is 2.54. The molecule has 0 amide bonds. The maximum atomic E-state index is 10.2. The van der Waals surface area contributed by atoms with Crippen molar-refractivity contribution in [2.75, 3.05) is 0 Å². The molecule has 0 aliphatic heterocycles. The van der Waals surface area contributed by atoms with Crippen LogP contribution in [0.1, 0.15) is 31.2 Å². The van der Waals surface area contributed by atoms with Gasteiger partial charge in [0.1, 0.15) is 6.10 Å². The van der Waals surface area contributed by atoms with Crippen LogP contribution in [0.25, 0.3) is 0 Å². The first-order chi connectivity index (χ1) is 6.09. The summed E-state index contributed by atoms with van der Waals surface area (Å²) >= 11 is 0. The van der Waals surface area contributed by atoms with Crippen molar-refractivity contribution >= 4 is 5.97 Å². The Morgan fingerprint density at radius 2 is 2.38 bits per heavy atom. The highest BCUT2D eigenvalue weighted by Crippen LogP contribution is 2.08. The lowest BCUT2D eigenvalue weighted by atomic mass is 10.3. The first-order valence-electron chi connectivity index (χ1n) is 3.82. The van der Waals surface area contributed by atoms with Gasteiger partial charge in [-0.25, -0.2) is 0 Å². The predicted molar refractivity (Wildman–Crippen MR) is 40.9 cm³/mol. The lowest BCUT2D eigenvalue weighted by molar-refractivity contribution is -0.137. The summed E-state index contributed by atoms with van der Waals surface area (Å²) in [5, 5.41) is 20.9. The minimum Gasteiger partial charge on any atom is -0.481 e. The predicted octanol–water partition coefficient (Wildman–Crippen LogP) is 0.140. The molecule has 13 heavy (non-hydrogen) atoms. The molecule has 1 heterocycles. The first kappa shape index (κ1) is 9.66. The van der Waals surface area contributed by atoms with Crippen LogP contribution in [0.4, 0.5) is 0 Å². The molecule has 0 radical (unpaired) electrons. The van der Waals surface area contributed by atoms with Crippen molar-refractivity contribution in [3.63, 3.8) is 0 Å². The fraction of sp³-hybridized carbons (Fsp3) is 0.571. The molecule has 0 spiro atoms. The van der Waals surface area contributed by atoms with Gasteiger partial charge in [-0.1, -0.05) is 5.16 Å². The Kier molecular flexibility index (Phi) is 2.97. The van der Waals surface area contributed by atoms with Crippen LogP contribution in [0.5, 0.6) is 0 Å². The Hall–Kier alpha value is -1.43. The van der Waals surface area contributed by atoms with Gasteiger partial charge in [-0.05, 0) is 6.92 Å². The molecule has 1 aromatic rings. The Labute approximate surface area is 74.2 Å². The Bertz CT molecular complexity index is 294. The van der Waals surface area contributed by atoms with Gasteiger partial charge in [0.05, 0.1) is 6.42 Å². The van der Waals surface area contributed by atoms with Crippen molar-refractivity contribution in [1.82, 2.24) is 10.1 Å². The number of nitrogens with zero attached hydrogens (tertiary/aromatic N) is 2. The molecule has 1 aromatic heterocycles.